The van der Waals surface area contributed by atoms with E-state index in [9.17, 15) is 4.79 Å². The molecule has 0 saturated heterocycles. The molecule has 0 N–H and O–H groups in total. The van der Waals surface area contributed by atoms with Gasteiger partial charge >= 0.3 is 0 Å². The Morgan fingerprint density at radius 1 is 1.28 bits per heavy atom. The van der Waals surface area contributed by atoms with Crippen LogP contribution in [0.25, 0.3) is 0 Å². The van der Waals surface area contributed by atoms with E-state index in [0.717, 1.165) is 37.0 Å². The fourth-order valence-corrected chi connectivity index (χ4v) is 2.82. The van der Waals surface area contributed by atoms with E-state index < -0.39 is 0 Å². The lowest BCUT2D eigenvalue weighted by Gasteiger charge is -2.21. The molecule has 2 fully saturated rings. The van der Waals surface area contributed by atoms with Crippen LogP contribution in [0.1, 0.15) is 55.8 Å². The molecule has 2 aliphatic rings. The zero-order chi connectivity index (χ0) is 12.6. The van der Waals surface area contributed by atoms with E-state index in [1.54, 1.807) is 0 Å². The number of rotatable bonds is 4. The monoisotopic (exact) mass is 244 g/mol. The van der Waals surface area contributed by atoms with Crippen LogP contribution in [0, 0.1) is 5.41 Å². The van der Waals surface area contributed by atoms with Crippen LogP contribution in [0.15, 0.2) is 24.3 Å². The van der Waals surface area contributed by atoms with Crippen LogP contribution in [0.3, 0.4) is 0 Å². The highest BCUT2D eigenvalue weighted by Gasteiger charge is 2.36. The van der Waals surface area contributed by atoms with Crippen molar-refractivity contribution < 1.29 is 9.53 Å². The highest BCUT2D eigenvalue weighted by molar-refractivity contribution is 6.00. The first-order valence-corrected chi connectivity index (χ1v) is 6.99. The minimum atomic E-state index is -0.141. The molecule has 1 aromatic carbocycles. The number of hydrogen-bond donors (Lipinski definition) is 0. The van der Waals surface area contributed by atoms with Crippen molar-refractivity contribution in [3.8, 4) is 5.75 Å². The van der Waals surface area contributed by atoms with Crippen LogP contribution in [0.2, 0.25) is 0 Å². The van der Waals surface area contributed by atoms with Gasteiger partial charge in [0.05, 0.1) is 6.10 Å². The predicted molar refractivity (Wildman–Crippen MR) is 71.0 cm³/mol. The van der Waals surface area contributed by atoms with Gasteiger partial charge in [0.25, 0.3) is 0 Å². The Labute approximate surface area is 108 Å². The molecule has 0 atom stereocenters. The van der Waals surface area contributed by atoms with Gasteiger partial charge in [-0.3, -0.25) is 4.79 Å². The van der Waals surface area contributed by atoms with Crippen LogP contribution in [-0.4, -0.2) is 11.9 Å². The number of carbonyl (C=O) groups excluding carboxylic acids is 1. The van der Waals surface area contributed by atoms with Gasteiger partial charge in [-0.05, 0) is 37.8 Å². The first-order chi connectivity index (χ1) is 8.67. The van der Waals surface area contributed by atoms with E-state index in [2.05, 4.69) is 6.92 Å². The summed E-state index contributed by atoms with van der Waals surface area (Å²) < 4.78 is 5.76. The Bertz CT molecular complexity index is 454. The van der Waals surface area contributed by atoms with Gasteiger partial charge in [-0.1, -0.05) is 31.9 Å². The van der Waals surface area contributed by atoms with Crippen molar-refractivity contribution in [2.45, 2.75) is 51.6 Å². The summed E-state index contributed by atoms with van der Waals surface area (Å²) in [6, 6.07) is 7.73. The van der Waals surface area contributed by atoms with Crippen molar-refractivity contribution in [2.75, 3.05) is 0 Å². The van der Waals surface area contributed by atoms with Crippen LogP contribution < -0.4 is 4.74 Å². The van der Waals surface area contributed by atoms with E-state index in [-0.39, 0.29) is 5.41 Å². The maximum Gasteiger partial charge on any atom is 0.168 e. The zero-order valence-corrected chi connectivity index (χ0v) is 10.9. The molecule has 3 rings (SSSR count). The number of ether oxygens (including phenoxy) is 1. The number of benzene rings is 1. The van der Waals surface area contributed by atoms with Gasteiger partial charge in [0.2, 0.25) is 0 Å². The van der Waals surface area contributed by atoms with E-state index in [4.69, 9.17) is 4.74 Å². The summed E-state index contributed by atoms with van der Waals surface area (Å²) in [7, 11) is 0. The summed E-state index contributed by atoms with van der Waals surface area (Å²) in [5, 5.41) is 0. The second kappa shape index (κ2) is 4.42. The number of Topliss-reactive ketones (excluding diaryl/α,β-unsaturated/α-hetero) is 1. The van der Waals surface area contributed by atoms with Crippen LogP contribution >= 0.6 is 0 Å². The van der Waals surface area contributed by atoms with E-state index in [1.165, 1.54) is 12.8 Å². The minimum Gasteiger partial charge on any atom is -0.490 e. The van der Waals surface area contributed by atoms with Gasteiger partial charge in [0.1, 0.15) is 5.75 Å². The molecule has 0 heterocycles. The summed E-state index contributed by atoms with van der Waals surface area (Å²) in [4.78, 5) is 12.6. The fourth-order valence-electron chi connectivity index (χ4n) is 2.82. The predicted octanol–water partition coefficient (Wildman–Crippen LogP) is 3.99. The number of ketones is 1. The Hall–Kier alpha value is -1.31. The third-order valence-corrected chi connectivity index (χ3v) is 4.18. The molecular formula is C16H20O2. The summed E-state index contributed by atoms with van der Waals surface area (Å²) in [6.45, 7) is 2.11. The first kappa shape index (κ1) is 11.8. The Balaban J connectivity index is 1.79. The molecule has 0 bridgehead atoms. The van der Waals surface area contributed by atoms with Crippen molar-refractivity contribution >= 4 is 5.78 Å². The summed E-state index contributed by atoms with van der Waals surface area (Å²) in [6.07, 6.45) is 7.10. The maximum atomic E-state index is 12.6. The topological polar surface area (TPSA) is 26.3 Å². The molecule has 0 aromatic heterocycles. The molecule has 0 spiro atoms. The molecule has 2 aliphatic carbocycles. The zero-order valence-electron chi connectivity index (χ0n) is 10.9. The highest BCUT2D eigenvalue weighted by Crippen LogP contribution is 2.40. The number of hydrogen-bond acceptors (Lipinski definition) is 2. The molecule has 0 unspecified atom stereocenters. The highest BCUT2D eigenvalue weighted by atomic mass is 16.5. The normalized spacial score (nSPS) is 21.8. The Morgan fingerprint density at radius 3 is 2.67 bits per heavy atom. The summed E-state index contributed by atoms with van der Waals surface area (Å²) in [5.41, 5.74) is 0.677. The average molecular weight is 244 g/mol. The largest absolute Gasteiger partial charge is 0.490 e. The van der Waals surface area contributed by atoms with Crippen LogP contribution in [0.4, 0.5) is 0 Å². The van der Waals surface area contributed by atoms with Crippen molar-refractivity contribution in [3.63, 3.8) is 0 Å². The third-order valence-electron chi connectivity index (χ3n) is 4.18. The van der Waals surface area contributed by atoms with Gasteiger partial charge in [-0.15, -0.1) is 0 Å². The van der Waals surface area contributed by atoms with Crippen molar-refractivity contribution in [1.29, 1.82) is 0 Å². The maximum absolute atomic E-state index is 12.6. The molecule has 1 aromatic rings. The Kier molecular flexibility index (Phi) is 2.89. The average Bonchev–Trinajstić information content (AvgIpc) is 3.08. The molecule has 0 amide bonds. The standard InChI is InChI=1S/C16H20O2/c1-16(9-2-3-10-16)15(17)12-5-4-6-14(11-12)18-13-7-8-13/h4-6,11,13H,2-3,7-10H2,1H3. The lowest BCUT2D eigenvalue weighted by molar-refractivity contribution is 0.0823. The minimum absolute atomic E-state index is 0.141. The smallest absolute Gasteiger partial charge is 0.168 e. The van der Waals surface area contributed by atoms with E-state index in [0.29, 0.717) is 11.9 Å². The van der Waals surface area contributed by atoms with Crippen molar-refractivity contribution in [1.82, 2.24) is 0 Å². The van der Waals surface area contributed by atoms with E-state index in [1.807, 2.05) is 24.3 Å². The van der Waals surface area contributed by atoms with Gasteiger partial charge in [0.15, 0.2) is 5.78 Å². The Morgan fingerprint density at radius 2 is 2.00 bits per heavy atom. The van der Waals surface area contributed by atoms with Crippen molar-refractivity contribution in [3.05, 3.63) is 29.8 Å². The molecule has 2 saturated carbocycles. The molecule has 96 valence electrons. The summed E-state index contributed by atoms with van der Waals surface area (Å²) >= 11 is 0. The lowest BCUT2D eigenvalue weighted by atomic mass is 9.81. The molecule has 18 heavy (non-hydrogen) atoms. The first-order valence-electron chi connectivity index (χ1n) is 6.99. The van der Waals surface area contributed by atoms with Crippen molar-refractivity contribution in [2.24, 2.45) is 5.41 Å². The second-order valence-electron chi connectivity index (χ2n) is 5.94. The SMILES string of the molecule is CC1(C(=O)c2cccc(OC3CC3)c2)CCCC1. The van der Waals surface area contributed by atoms with Crippen LogP contribution in [-0.2, 0) is 0 Å². The van der Waals surface area contributed by atoms with Gasteiger partial charge in [-0.2, -0.15) is 0 Å². The van der Waals surface area contributed by atoms with E-state index >= 15 is 0 Å². The quantitative estimate of drug-likeness (QED) is 0.748. The van der Waals surface area contributed by atoms with Gasteiger partial charge < -0.3 is 4.74 Å². The van der Waals surface area contributed by atoms with Crippen LogP contribution in [0.5, 0.6) is 5.75 Å². The van der Waals surface area contributed by atoms with Gasteiger partial charge in [0, 0.05) is 11.0 Å². The molecule has 2 nitrogen and oxygen atoms in total. The molecule has 2 heteroatoms. The van der Waals surface area contributed by atoms with Gasteiger partial charge in [-0.25, -0.2) is 0 Å². The fraction of sp³-hybridized carbons (Fsp3) is 0.562. The molecule has 0 radical (unpaired) electrons. The summed E-state index contributed by atoms with van der Waals surface area (Å²) in [5.74, 6) is 1.14. The lowest BCUT2D eigenvalue weighted by Crippen LogP contribution is -2.24. The molecular weight excluding hydrogens is 224 g/mol. The number of carbonyl (C=O) groups is 1. The third kappa shape index (κ3) is 2.29. The molecule has 0 aliphatic heterocycles. The second-order valence-corrected chi connectivity index (χ2v) is 5.94.